The molecule has 2 aromatic rings. The summed E-state index contributed by atoms with van der Waals surface area (Å²) in [7, 11) is 0. The second-order valence-electron chi connectivity index (χ2n) is 5.10. The van der Waals surface area contributed by atoms with Gasteiger partial charge in [-0.25, -0.2) is 4.39 Å². The third-order valence-electron chi connectivity index (χ3n) is 3.30. The lowest BCUT2D eigenvalue weighted by atomic mass is 10.1. The van der Waals surface area contributed by atoms with Gasteiger partial charge in [0.1, 0.15) is 11.6 Å². The van der Waals surface area contributed by atoms with Gasteiger partial charge in [-0.15, -0.1) is 0 Å². The minimum absolute atomic E-state index is 0.0330. The first kappa shape index (κ1) is 15.3. The molecule has 0 aromatic heterocycles. The Kier molecular flexibility index (Phi) is 3.92. The maximum absolute atomic E-state index is 13.0. The van der Waals surface area contributed by atoms with Crippen molar-refractivity contribution in [3.63, 3.8) is 0 Å². The van der Waals surface area contributed by atoms with E-state index in [2.05, 4.69) is 10.6 Å². The number of carbonyl (C=O) groups excluding carboxylic acids is 2. The van der Waals surface area contributed by atoms with E-state index < -0.39 is 23.7 Å². The number of amides is 2. The number of hydrogen-bond acceptors (Lipinski definition) is 3. The van der Waals surface area contributed by atoms with E-state index in [0.29, 0.717) is 11.4 Å². The summed E-state index contributed by atoms with van der Waals surface area (Å²) in [6, 6.07) is 8.77. The number of ether oxygens (including phenoxy) is 1. The molecule has 7 heteroatoms. The normalized spacial score (nSPS) is 16.1. The van der Waals surface area contributed by atoms with Gasteiger partial charge < -0.3 is 15.4 Å². The lowest BCUT2D eigenvalue weighted by Crippen LogP contribution is -2.45. The lowest BCUT2D eigenvalue weighted by molar-refractivity contribution is -0.133. The van der Waals surface area contributed by atoms with E-state index in [-0.39, 0.29) is 10.7 Å². The van der Waals surface area contributed by atoms with E-state index in [1.807, 2.05) is 13.0 Å². The predicted molar refractivity (Wildman–Crippen MR) is 84.3 cm³/mol. The zero-order valence-electron chi connectivity index (χ0n) is 12.0. The van der Waals surface area contributed by atoms with Crippen LogP contribution < -0.4 is 15.4 Å². The Balaban J connectivity index is 1.80. The zero-order valence-corrected chi connectivity index (χ0v) is 12.8. The fourth-order valence-electron chi connectivity index (χ4n) is 2.18. The van der Waals surface area contributed by atoms with Gasteiger partial charge in [0.25, 0.3) is 17.9 Å². The molecule has 0 radical (unpaired) electrons. The van der Waals surface area contributed by atoms with Gasteiger partial charge >= 0.3 is 0 Å². The molecule has 1 atom stereocenters. The molecule has 0 bridgehead atoms. The highest BCUT2D eigenvalue weighted by molar-refractivity contribution is 6.34. The molecule has 1 aliphatic heterocycles. The molecular formula is C16H12ClFN2O3. The number of anilines is 2. The molecule has 1 heterocycles. The molecule has 0 fully saturated rings. The van der Waals surface area contributed by atoms with Crippen LogP contribution in [0.3, 0.4) is 0 Å². The van der Waals surface area contributed by atoms with Gasteiger partial charge in [0.2, 0.25) is 0 Å². The van der Waals surface area contributed by atoms with Crippen molar-refractivity contribution in [1.29, 1.82) is 0 Å². The van der Waals surface area contributed by atoms with Gasteiger partial charge in [0.05, 0.1) is 16.4 Å². The van der Waals surface area contributed by atoms with Crippen molar-refractivity contribution in [2.75, 3.05) is 10.6 Å². The Hall–Kier alpha value is -2.60. The summed E-state index contributed by atoms with van der Waals surface area (Å²) >= 11 is 5.85. The fourth-order valence-corrected chi connectivity index (χ4v) is 2.40. The van der Waals surface area contributed by atoms with Crippen molar-refractivity contribution >= 4 is 34.8 Å². The number of fused-ring (bicyclic) bond motifs is 1. The average Bonchev–Trinajstić information content (AvgIpc) is 2.49. The molecule has 23 heavy (non-hydrogen) atoms. The molecule has 5 nitrogen and oxygen atoms in total. The molecule has 1 unspecified atom stereocenters. The number of rotatable bonds is 2. The molecule has 2 amide bonds. The van der Waals surface area contributed by atoms with Gasteiger partial charge in [-0.1, -0.05) is 17.7 Å². The third-order valence-corrected chi connectivity index (χ3v) is 3.62. The van der Waals surface area contributed by atoms with Crippen LogP contribution in [0.5, 0.6) is 5.75 Å². The minimum atomic E-state index is -1.36. The van der Waals surface area contributed by atoms with Gasteiger partial charge in [0, 0.05) is 0 Å². The quantitative estimate of drug-likeness (QED) is 0.829. The molecule has 0 aliphatic carbocycles. The highest BCUT2D eigenvalue weighted by Gasteiger charge is 2.34. The number of nitrogens with one attached hydrogen (secondary N) is 2. The van der Waals surface area contributed by atoms with E-state index in [4.69, 9.17) is 16.3 Å². The highest BCUT2D eigenvalue weighted by Crippen LogP contribution is 2.31. The Morgan fingerprint density at radius 2 is 2.09 bits per heavy atom. The zero-order chi connectivity index (χ0) is 16.6. The summed E-state index contributed by atoms with van der Waals surface area (Å²) < 4.78 is 18.5. The Morgan fingerprint density at radius 3 is 2.83 bits per heavy atom. The van der Waals surface area contributed by atoms with E-state index in [1.165, 1.54) is 6.07 Å². The smallest absolute Gasteiger partial charge is 0.275 e. The van der Waals surface area contributed by atoms with Crippen LogP contribution >= 0.6 is 11.6 Å². The third kappa shape index (κ3) is 3.12. The maximum atomic E-state index is 13.0. The van der Waals surface area contributed by atoms with Gasteiger partial charge in [-0.3, -0.25) is 9.59 Å². The topological polar surface area (TPSA) is 67.4 Å². The molecule has 2 aromatic carbocycles. The molecule has 2 N–H and O–H groups in total. The fraction of sp³-hybridized carbons (Fsp3) is 0.125. The number of hydrogen-bond donors (Lipinski definition) is 2. The van der Waals surface area contributed by atoms with E-state index in [0.717, 1.165) is 17.7 Å². The second kappa shape index (κ2) is 5.89. The van der Waals surface area contributed by atoms with Crippen LogP contribution in [-0.2, 0) is 9.59 Å². The SMILES string of the molecule is Cc1ccc2c(c1)NC(=O)C(C(=O)Nc1ccc(F)cc1Cl)O2. The molecule has 3 rings (SSSR count). The molecule has 1 aliphatic rings. The number of halogens is 2. The lowest BCUT2D eigenvalue weighted by Gasteiger charge is -2.25. The number of carbonyl (C=O) groups is 2. The van der Waals surface area contributed by atoms with Gasteiger partial charge in [0.15, 0.2) is 0 Å². The Morgan fingerprint density at radius 1 is 1.30 bits per heavy atom. The molecule has 0 saturated heterocycles. The second-order valence-corrected chi connectivity index (χ2v) is 5.51. The predicted octanol–water partition coefficient (Wildman–Crippen LogP) is 3.13. The minimum Gasteiger partial charge on any atom is -0.468 e. The van der Waals surface area contributed by atoms with E-state index in [1.54, 1.807) is 12.1 Å². The van der Waals surface area contributed by atoms with Crippen LogP contribution in [0, 0.1) is 12.7 Å². The molecule has 0 spiro atoms. The van der Waals surface area contributed by atoms with Crippen molar-refractivity contribution < 1.29 is 18.7 Å². The summed E-state index contributed by atoms with van der Waals surface area (Å²) in [4.78, 5) is 24.3. The number of aryl methyl sites for hydroxylation is 1. The van der Waals surface area contributed by atoms with Crippen molar-refractivity contribution in [2.24, 2.45) is 0 Å². The molecule has 0 saturated carbocycles. The van der Waals surface area contributed by atoms with Crippen LogP contribution in [0.15, 0.2) is 36.4 Å². The van der Waals surface area contributed by atoms with Crippen LogP contribution in [0.4, 0.5) is 15.8 Å². The van der Waals surface area contributed by atoms with Crippen molar-refractivity contribution in [2.45, 2.75) is 13.0 Å². The van der Waals surface area contributed by atoms with Crippen molar-refractivity contribution in [1.82, 2.24) is 0 Å². The summed E-state index contributed by atoms with van der Waals surface area (Å²) in [5, 5.41) is 5.11. The summed E-state index contributed by atoms with van der Waals surface area (Å²) in [5.41, 5.74) is 1.66. The standard InChI is InChI=1S/C16H12ClFN2O3/c1-8-2-5-13-12(6-8)20-16(22)14(23-13)15(21)19-11-4-3-9(18)7-10(11)17/h2-7,14H,1H3,(H,19,21)(H,20,22). The molecular weight excluding hydrogens is 323 g/mol. The monoisotopic (exact) mass is 334 g/mol. The van der Waals surface area contributed by atoms with E-state index in [9.17, 15) is 14.0 Å². The first-order chi connectivity index (χ1) is 10.9. The van der Waals surface area contributed by atoms with Crippen LogP contribution in [0.2, 0.25) is 5.02 Å². The Labute approximate surface area is 136 Å². The van der Waals surface area contributed by atoms with E-state index >= 15 is 0 Å². The van der Waals surface area contributed by atoms with Gasteiger partial charge in [-0.05, 0) is 42.8 Å². The summed E-state index contributed by atoms with van der Waals surface area (Å²) in [6.45, 7) is 1.88. The first-order valence-electron chi connectivity index (χ1n) is 6.78. The van der Waals surface area contributed by atoms with Crippen LogP contribution in [0.25, 0.3) is 0 Å². The number of benzene rings is 2. The highest BCUT2D eigenvalue weighted by atomic mass is 35.5. The van der Waals surface area contributed by atoms with Crippen LogP contribution in [-0.4, -0.2) is 17.9 Å². The maximum Gasteiger partial charge on any atom is 0.275 e. The van der Waals surface area contributed by atoms with Crippen LogP contribution in [0.1, 0.15) is 5.56 Å². The summed E-state index contributed by atoms with van der Waals surface area (Å²) in [5.74, 6) is -1.40. The Bertz CT molecular complexity index is 810. The molecule has 118 valence electrons. The first-order valence-corrected chi connectivity index (χ1v) is 7.16. The average molecular weight is 335 g/mol. The van der Waals surface area contributed by atoms with Crippen molar-refractivity contribution in [3.8, 4) is 5.75 Å². The largest absolute Gasteiger partial charge is 0.468 e. The van der Waals surface area contributed by atoms with Gasteiger partial charge in [-0.2, -0.15) is 0 Å². The van der Waals surface area contributed by atoms with Crippen molar-refractivity contribution in [3.05, 3.63) is 52.8 Å². The summed E-state index contributed by atoms with van der Waals surface area (Å²) in [6.07, 6.45) is -1.36.